The van der Waals surface area contributed by atoms with Crippen LogP contribution >= 0.6 is 0 Å². The molecule has 0 spiro atoms. The number of hydrogen-bond donors (Lipinski definition) is 1. The first-order valence-electron chi connectivity index (χ1n) is 6.80. The van der Waals surface area contributed by atoms with Gasteiger partial charge in [0.15, 0.2) is 0 Å². The molecule has 3 aromatic rings. The van der Waals surface area contributed by atoms with Gasteiger partial charge in [0.25, 0.3) is 5.56 Å². The summed E-state index contributed by atoms with van der Waals surface area (Å²) in [5.41, 5.74) is 1.02. The minimum absolute atomic E-state index is 0.122. The molecular weight excluding hydrogens is 282 g/mol. The van der Waals surface area contributed by atoms with Gasteiger partial charge in [0.05, 0.1) is 43.2 Å². The molecule has 0 amide bonds. The van der Waals surface area contributed by atoms with Gasteiger partial charge >= 0.3 is 0 Å². The highest BCUT2D eigenvalue weighted by Gasteiger charge is 2.12. The highest BCUT2D eigenvalue weighted by Crippen LogP contribution is 2.20. The summed E-state index contributed by atoms with van der Waals surface area (Å²) in [6, 6.07) is 8.75. The zero-order valence-electron chi connectivity index (χ0n) is 12.0. The number of aliphatic hydroxyl groups is 1. The largest absolute Gasteiger partial charge is 0.497 e. The average Bonchev–Trinajstić information content (AvgIpc) is 2.57. The molecule has 0 unspecified atom stereocenters. The molecule has 0 aliphatic carbocycles. The van der Waals surface area contributed by atoms with E-state index in [2.05, 4.69) is 9.97 Å². The van der Waals surface area contributed by atoms with E-state index in [0.717, 1.165) is 0 Å². The Bertz CT molecular complexity index is 860. The number of ether oxygens (including phenoxy) is 1. The molecule has 0 bridgehead atoms. The third-order valence-electron chi connectivity index (χ3n) is 3.48. The van der Waals surface area contributed by atoms with Gasteiger partial charge in [0, 0.05) is 6.20 Å². The Morgan fingerprint density at radius 1 is 1.36 bits per heavy atom. The first-order chi connectivity index (χ1) is 10.7. The predicted molar refractivity (Wildman–Crippen MR) is 81.8 cm³/mol. The summed E-state index contributed by atoms with van der Waals surface area (Å²) in [5.74, 6) is 0.659. The molecule has 0 radical (unpaired) electrons. The number of aliphatic hydroxyl groups excluding tert-OH is 1. The summed E-state index contributed by atoms with van der Waals surface area (Å²) in [7, 11) is 1.57. The molecule has 0 fully saturated rings. The van der Waals surface area contributed by atoms with Crippen LogP contribution in [0.1, 0.15) is 11.7 Å². The van der Waals surface area contributed by atoms with E-state index < -0.39 is 6.10 Å². The van der Waals surface area contributed by atoms with Gasteiger partial charge < -0.3 is 9.84 Å². The second-order valence-corrected chi connectivity index (χ2v) is 4.89. The summed E-state index contributed by atoms with van der Waals surface area (Å²) in [6.07, 6.45) is 3.69. The van der Waals surface area contributed by atoms with Crippen LogP contribution in [-0.2, 0) is 6.54 Å². The van der Waals surface area contributed by atoms with Crippen LogP contribution in [0.5, 0.6) is 5.75 Å². The summed E-state index contributed by atoms with van der Waals surface area (Å²) in [6.45, 7) is 0.122. The smallest absolute Gasteiger partial charge is 0.261 e. The Morgan fingerprint density at radius 3 is 3.05 bits per heavy atom. The van der Waals surface area contributed by atoms with E-state index in [-0.39, 0.29) is 12.1 Å². The van der Waals surface area contributed by atoms with Gasteiger partial charge in [0.2, 0.25) is 0 Å². The molecule has 3 rings (SSSR count). The number of aromatic nitrogens is 3. The van der Waals surface area contributed by atoms with E-state index in [1.54, 1.807) is 49.8 Å². The lowest BCUT2D eigenvalue weighted by Crippen LogP contribution is -2.23. The van der Waals surface area contributed by atoms with E-state index >= 15 is 0 Å². The normalized spacial score (nSPS) is 12.3. The van der Waals surface area contributed by atoms with Crippen LogP contribution in [0.2, 0.25) is 0 Å². The fraction of sp³-hybridized carbons (Fsp3) is 0.188. The van der Waals surface area contributed by atoms with Gasteiger partial charge in [-0.1, -0.05) is 12.1 Å². The molecule has 2 heterocycles. The van der Waals surface area contributed by atoms with Crippen molar-refractivity contribution in [2.45, 2.75) is 12.6 Å². The van der Waals surface area contributed by atoms with Gasteiger partial charge in [-0.2, -0.15) is 0 Å². The monoisotopic (exact) mass is 297 g/mol. The van der Waals surface area contributed by atoms with Gasteiger partial charge in [-0.15, -0.1) is 0 Å². The van der Waals surface area contributed by atoms with Crippen molar-refractivity contribution in [1.29, 1.82) is 0 Å². The third kappa shape index (κ3) is 2.68. The number of benzene rings is 1. The zero-order valence-corrected chi connectivity index (χ0v) is 12.0. The summed E-state index contributed by atoms with van der Waals surface area (Å²) >= 11 is 0. The summed E-state index contributed by atoms with van der Waals surface area (Å²) < 4.78 is 6.53. The average molecular weight is 297 g/mol. The lowest BCUT2D eigenvalue weighted by molar-refractivity contribution is 0.154. The van der Waals surface area contributed by atoms with Crippen LogP contribution in [-0.4, -0.2) is 26.8 Å². The highest BCUT2D eigenvalue weighted by molar-refractivity contribution is 5.75. The van der Waals surface area contributed by atoms with Crippen molar-refractivity contribution in [2.24, 2.45) is 0 Å². The van der Waals surface area contributed by atoms with Crippen LogP contribution in [0.25, 0.3) is 10.9 Å². The van der Waals surface area contributed by atoms with Crippen molar-refractivity contribution in [1.82, 2.24) is 14.5 Å². The van der Waals surface area contributed by atoms with Crippen molar-refractivity contribution in [3.8, 4) is 5.75 Å². The maximum atomic E-state index is 12.4. The van der Waals surface area contributed by atoms with Crippen LogP contribution in [0.4, 0.5) is 0 Å². The quantitative estimate of drug-likeness (QED) is 0.790. The van der Waals surface area contributed by atoms with Crippen molar-refractivity contribution in [3.05, 3.63) is 65.0 Å². The van der Waals surface area contributed by atoms with E-state index in [1.807, 2.05) is 0 Å². The third-order valence-corrected chi connectivity index (χ3v) is 3.48. The molecule has 6 nitrogen and oxygen atoms in total. The fourth-order valence-corrected chi connectivity index (χ4v) is 2.28. The van der Waals surface area contributed by atoms with E-state index in [1.165, 1.54) is 10.9 Å². The lowest BCUT2D eigenvalue weighted by atomic mass is 10.1. The lowest BCUT2D eigenvalue weighted by Gasteiger charge is -2.14. The number of pyridine rings is 1. The Labute approximate surface area is 126 Å². The van der Waals surface area contributed by atoms with Crippen molar-refractivity contribution in [3.63, 3.8) is 0 Å². The van der Waals surface area contributed by atoms with Gasteiger partial charge in [-0.05, 0) is 23.8 Å². The van der Waals surface area contributed by atoms with E-state index in [9.17, 15) is 9.90 Å². The maximum absolute atomic E-state index is 12.4. The number of hydrogen-bond acceptors (Lipinski definition) is 5. The van der Waals surface area contributed by atoms with Crippen molar-refractivity contribution < 1.29 is 9.84 Å². The van der Waals surface area contributed by atoms with Gasteiger partial charge in [-0.3, -0.25) is 14.3 Å². The molecule has 6 heteroatoms. The number of methoxy groups -OCH3 is 1. The fourth-order valence-electron chi connectivity index (χ4n) is 2.28. The highest BCUT2D eigenvalue weighted by atomic mass is 16.5. The minimum Gasteiger partial charge on any atom is -0.497 e. The standard InChI is InChI=1S/C16H15N3O3/c1-22-12-4-2-3-11(7-12)15(20)9-19-10-18-14-8-17-6-5-13(14)16(19)21/h2-8,10,15,20H,9H2,1H3/t15-/m1/s1. The van der Waals surface area contributed by atoms with E-state index in [0.29, 0.717) is 22.2 Å². The topological polar surface area (TPSA) is 77.2 Å². The molecule has 0 aliphatic rings. The Kier molecular flexibility index (Phi) is 3.84. The maximum Gasteiger partial charge on any atom is 0.261 e. The number of nitrogens with zero attached hydrogens (tertiary/aromatic N) is 3. The van der Waals surface area contributed by atoms with Crippen molar-refractivity contribution in [2.75, 3.05) is 7.11 Å². The molecule has 0 saturated heterocycles. The first kappa shape index (κ1) is 14.2. The minimum atomic E-state index is -0.825. The van der Waals surface area contributed by atoms with Gasteiger partial charge in [-0.25, -0.2) is 4.98 Å². The molecule has 2 aromatic heterocycles. The Balaban J connectivity index is 1.92. The molecular formula is C16H15N3O3. The van der Waals surface area contributed by atoms with Crippen LogP contribution in [0, 0.1) is 0 Å². The zero-order chi connectivity index (χ0) is 15.5. The molecule has 0 aliphatic heterocycles. The predicted octanol–water partition coefficient (Wildman–Crippen LogP) is 1.53. The molecule has 1 aromatic carbocycles. The number of fused-ring (bicyclic) bond motifs is 1. The Morgan fingerprint density at radius 2 is 2.23 bits per heavy atom. The summed E-state index contributed by atoms with van der Waals surface area (Å²) in [5, 5.41) is 10.8. The molecule has 22 heavy (non-hydrogen) atoms. The number of rotatable bonds is 4. The van der Waals surface area contributed by atoms with Crippen molar-refractivity contribution >= 4 is 10.9 Å². The second kappa shape index (κ2) is 5.95. The van der Waals surface area contributed by atoms with E-state index in [4.69, 9.17) is 4.74 Å². The second-order valence-electron chi connectivity index (χ2n) is 4.89. The van der Waals surface area contributed by atoms with Crippen LogP contribution in [0.3, 0.4) is 0 Å². The molecule has 0 saturated carbocycles. The van der Waals surface area contributed by atoms with Crippen LogP contribution in [0.15, 0.2) is 53.8 Å². The molecule has 112 valence electrons. The van der Waals surface area contributed by atoms with Gasteiger partial charge in [0.1, 0.15) is 5.75 Å². The Hall–Kier alpha value is -2.73. The summed E-state index contributed by atoms with van der Waals surface area (Å²) in [4.78, 5) is 20.5. The SMILES string of the molecule is COc1cccc([C@H](O)Cn2cnc3cnccc3c2=O)c1. The molecule has 1 atom stereocenters. The first-order valence-corrected chi connectivity index (χ1v) is 6.80. The van der Waals surface area contributed by atoms with Crippen LogP contribution < -0.4 is 10.3 Å². The molecule has 1 N–H and O–H groups in total.